The summed E-state index contributed by atoms with van der Waals surface area (Å²) in [5.74, 6) is -3.88. The SMILES string of the molecule is C=CCCC(=O)NC[C@H](C)OC(=O)[C@@H]1[C@H]2O[C@@]3(CC2Br)[C@H](C(=O)N(CC=C)Cn2nnc4ccccc42)N([C@H](CO)c2ccccc2)C(=O)[C@@H]13. The molecule has 2 aromatic carbocycles. The van der Waals surface area contributed by atoms with Gasteiger partial charge >= 0.3 is 5.97 Å². The number of carbonyl (C=O) groups excluding carboxylic acids is 4. The highest BCUT2D eigenvalue weighted by Crippen LogP contribution is 2.61. The zero-order valence-corrected chi connectivity index (χ0v) is 29.4. The Morgan fingerprint density at radius 1 is 1.18 bits per heavy atom. The average Bonchev–Trinajstić information content (AvgIpc) is 3.84. The molecule has 3 aromatic rings. The number of fused-ring (bicyclic) bond motifs is 2. The second-order valence-corrected chi connectivity index (χ2v) is 14.1. The number of rotatable bonds is 15. The molecule has 4 heterocycles. The molecule has 3 aliphatic rings. The van der Waals surface area contributed by atoms with E-state index in [0.717, 1.165) is 5.52 Å². The Bertz CT molecular complexity index is 1770. The predicted octanol–water partition coefficient (Wildman–Crippen LogP) is 2.90. The number of ether oxygens (including phenoxy) is 2. The number of amides is 3. The van der Waals surface area contributed by atoms with E-state index < -0.39 is 66.1 Å². The van der Waals surface area contributed by atoms with Gasteiger partial charge in [0.1, 0.15) is 29.9 Å². The number of aliphatic hydroxyl groups is 1. The number of nitrogens with one attached hydrogen (secondary N) is 1. The third-order valence-electron chi connectivity index (χ3n) is 9.79. The van der Waals surface area contributed by atoms with Gasteiger partial charge in [0.25, 0.3) is 0 Å². The third-order valence-corrected chi connectivity index (χ3v) is 10.6. The van der Waals surface area contributed by atoms with Crippen LogP contribution in [0.3, 0.4) is 0 Å². The largest absolute Gasteiger partial charge is 0.460 e. The van der Waals surface area contributed by atoms with Crippen molar-refractivity contribution in [1.29, 1.82) is 0 Å². The first kappa shape index (κ1) is 35.4. The van der Waals surface area contributed by atoms with Gasteiger partial charge in [-0.25, -0.2) is 4.68 Å². The van der Waals surface area contributed by atoms with Crippen molar-refractivity contribution in [3.05, 3.63) is 85.5 Å². The minimum absolute atomic E-state index is 0.00243. The van der Waals surface area contributed by atoms with Crippen LogP contribution in [0.1, 0.15) is 37.8 Å². The molecule has 3 saturated heterocycles. The Kier molecular flexibility index (Phi) is 10.5. The summed E-state index contributed by atoms with van der Waals surface area (Å²) in [5.41, 5.74) is 0.589. The highest BCUT2D eigenvalue weighted by atomic mass is 79.9. The zero-order chi connectivity index (χ0) is 35.6. The van der Waals surface area contributed by atoms with E-state index in [-0.39, 0.29) is 43.3 Å². The summed E-state index contributed by atoms with van der Waals surface area (Å²) < 4.78 is 14.1. The van der Waals surface area contributed by atoms with E-state index >= 15 is 0 Å². The summed E-state index contributed by atoms with van der Waals surface area (Å²) in [6, 6.07) is 14.2. The molecular formula is C36H41BrN6O7. The number of allylic oxidation sites excluding steroid dienone is 1. The molecule has 1 aromatic heterocycles. The van der Waals surface area contributed by atoms with Gasteiger partial charge in [0.15, 0.2) is 0 Å². The second-order valence-electron chi connectivity index (χ2n) is 13.0. The molecule has 50 heavy (non-hydrogen) atoms. The number of hydrogen-bond donors (Lipinski definition) is 2. The molecule has 2 bridgehead atoms. The lowest BCUT2D eigenvalue weighted by atomic mass is 9.70. The van der Waals surface area contributed by atoms with E-state index in [9.17, 15) is 24.3 Å². The number of esters is 1. The highest BCUT2D eigenvalue weighted by molar-refractivity contribution is 9.09. The molecule has 0 saturated carbocycles. The molecule has 264 valence electrons. The van der Waals surface area contributed by atoms with Crippen LogP contribution >= 0.6 is 15.9 Å². The lowest BCUT2D eigenvalue weighted by molar-refractivity contribution is -0.160. The van der Waals surface area contributed by atoms with Crippen LogP contribution in [0.2, 0.25) is 0 Å². The normalized spacial score (nSPS) is 26.3. The van der Waals surface area contributed by atoms with Crippen molar-refractivity contribution in [3.8, 4) is 0 Å². The van der Waals surface area contributed by atoms with Crippen LogP contribution in [0, 0.1) is 11.8 Å². The van der Waals surface area contributed by atoms with Crippen LogP contribution in [0.5, 0.6) is 0 Å². The van der Waals surface area contributed by atoms with Gasteiger partial charge in [-0.05, 0) is 37.5 Å². The van der Waals surface area contributed by atoms with Gasteiger partial charge in [-0.1, -0.05) is 75.8 Å². The quantitative estimate of drug-likeness (QED) is 0.136. The van der Waals surface area contributed by atoms with E-state index in [1.807, 2.05) is 30.3 Å². The number of carbonyl (C=O) groups is 4. The van der Waals surface area contributed by atoms with Gasteiger partial charge in [0, 0.05) is 17.8 Å². The van der Waals surface area contributed by atoms with Crippen molar-refractivity contribution in [2.75, 3.05) is 19.7 Å². The zero-order valence-electron chi connectivity index (χ0n) is 27.8. The first-order valence-corrected chi connectivity index (χ1v) is 17.6. The number of aliphatic hydroxyl groups excluding tert-OH is 1. The van der Waals surface area contributed by atoms with E-state index in [4.69, 9.17) is 9.47 Å². The fourth-order valence-electron chi connectivity index (χ4n) is 7.61. The lowest BCUT2D eigenvalue weighted by Crippen LogP contribution is -2.57. The highest BCUT2D eigenvalue weighted by Gasteiger charge is 2.77. The molecule has 3 amide bonds. The maximum Gasteiger partial charge on any atom is 0.312 e. The summed E-state index contributed by atoms with van der Waals surface area (Å²) in [4.78, 5) is 58.5. The molecule has 8 atom stereocenters. The summed E-state index contributed by atoms with van der Waals surface area (Å²) in [7, 11) is 0. The molecule has 3 aliphatic heterocycles. The first-order chi connectivity index (χ1) is 24.1. The molecule has 1 spiro atoms. The Morgan fingerprint density at radius 3 is 2.64 bits per heavy atom. The van der Waals surface area contributed by atoms with Gasteiger partial charge in [0.05, 0.1) is 42.6 Å². The van der Waals surface area contributed by atoms with Crippen molar-refractivity contribution >= 4 is 50.7 Å². The standard InChI is InChI=1S/C36H41BrN6O7/c1-4-6-16-28(45)38-19-22(3)49-35(48)29-30-33(46)43(27(20-44)23-12-8-7-9-13-23)32(36(30)18-24(37)31(29)50-36)34(47)41(17-5-2)21-42-26-15-11-10-14-25(26)39-40-42/h4-5,7-15,22,24,27,29-32,44H,1-2,6,16-21H2,3H3,(H,38,45)/t22-,24?,27+,29-,30+,31-,32-,36+/m0/s1. The molecule has 6 rings (SSSR count). The van der Waals surface area contributed by atoms with Gasteiger partial charge in [0.2, 0.25) is 17.7 Å². The molecule has 13 nitrogen and oxygen atoms in total. The second kappa shape index (κ2) is 14.8. The molecule has 0 radical (unpaired) electrons. The fraction of sp³-hybridized carbons (Fsp3) is 0.444. The summed E-state index contributed by atoms with van der Waals surface area (Å²) in [6.07, 6.45) is 2.85. The molecule has 0 aliphatic carbocycles. The molecule has 14 heteroatoms. The van der Waals surface area contributed by atoms with Crippen molar-refractivity contribution in [2.45, 2.75) is 67.6 Å². The number of para-hydroxylation sites is 1. The van der Waals surface area contributed by atoms with Crippen LogP contribution in [0.25, 0.3) is 11.0 Å². The van der Waals surface area contributed by atoms with E-state index in [1.165, 1.54) is 9.80 Å². The molecule has 2 N–H and O–H groups in total. The Labute approximate surface area is 298 Å². The van der Waals surface area contributed by atoms with E-state index in [0.29, 0.717) is 17.5 Å². The maximum atomic E-state index is 15.0. The molecule has 3 fully saturated rings. The van der Waals surface area contributed by atoms with Gasteiger partial charge in [-0.15, -0.1) is 18.3 Å². The van der Waals surface area contributed by atoms with Crippen LogP contribution in [0.15, 0.2) is 79.9 Å². The van der Waals surface area contributed by atoms with Crippen molar-refractivity contribution in [1.82, 2.24) is 30.1 Å². The van der Waals surface area contributed by atoms with Gasteiger partial charge < -0.3 is 29.7 Å². The number of aromatic nitrogens is 3. The van der Waals surface area contributed by atoms with Crippen LogP contribution in [0.4, 0.5) is 0 Å². The molecular weight excluding hydrogens is 708 g/mol. The van der Waals surface area contributed by atoms with Crippen molar-refractivity contribution in [3.63, 3.8) is 0 Å². The van der Waals surface area contributed by atoms with Crippen LogP contribution < -0.4 is 5.32 Å². The number of alkyl halides is 1. The average molecular weight is 750 g/mol. The first-order valence-electron chi connectivity index (χ1n) is 16.7. The summed E-state index contributed by atoms with van der Waals surface area (Å²) in [6.45, 7) is 8.88. The summed E-state index contributed by atoms with van der Waals surface area (Å²) in [5, 5.41) is 22.1. The minimum Gasteiger partial charge on any atom is -0.460 e. The fourth-order valence-corrected chi connectivity index (χ4v) is 8.55. The lowest BCUT2D eigenvalue weighted by Gasteiger charge is -2.39. The molecule has 1 unspecified atom stereocenters. The van der Waals surface area contributed by atoms with Gasteiger partial charge in [-0.3, -0.25) is 19.2 Å². The van der Waals surface area contributed by atoms with E-state index in [2.05, 4.69) is 44.7 Å². The summed E-state index contributed by atoms with van der Waals surface area (Å²) >= 11 is 3.69. The van der Waals surface area contributed by atoms with Crippen LogP contribution in [-0.2, 0) is 35.3 Å². The predicted molar refractivity (Wildman–Crippen MR) is 186 cm³/mol. The number of hydrogen-bond acceptors (Lipinski definition) is 9. The number of likely N-dealkylation sites (tertiary alicyclic amines) is 1. The number of benzene rings is 2. The third kappa shape index (κ3) is 6.35. The van der Waals surface area contributed by atoms with E-state index in [1.54, 1.807) is 48.0 Å². The van der Waals surface area contributed by atoms with Crippen molar-refractivity contribution < 1.29 is 33.8 Å². The number of halogens is 1. The Balaban J connectivity index is 1.35. The van der Waals surface area contributed by atoms with Gasteiger partial charge in [-0.2, -0.15) is 0 Å². The Hall–Kier alpha value is -4.40. The number of nitrogens with zero attached hydrogens (tertiary/aromatic N) is 5. The Morgan fingerprint density at radius 2 is 1.92 bits per heavy atom. The minimum atomic E-state index is -1.41. The van der Waals surface area contributed by atoms with Crippen LogP contribution in [-0.4, -0.2) is 102 Å². The topological polar surface area (TPSA) is 156 Å². The van der Waals surface area contributed by atoms with Crippen molar-refractivity contribution in [2.24, 2.45) is 11.8 Å². The maximum absolute atomic E-state index is 15.0. The monoisotopic (exact) mass is 748 g/mol. The smallest absolute Gasteiger partial charge is 0.312 e.